The number of nitrogens with one attached hydrogen (secondary N) is 2. The van der Waals surface area contributed by atoms with E-state index < -0.39 is 0 Å². The monoisotopic (exact) mass is 547 g/mol. The van der Waals surface area contributed by atoms with E-state index in [0.29, 0.717) is 12.5 Å². The highest BCUT2D eigenvalue weighted by Crippen LogP contribution is 2.47. The lowest BCUT2D eigenvalue weighted by molar-refractivity contribution is -0.127. The van der Waals surface area contributed by atoms with Crippen LogP contribution in [0.1, 0.15) is 24.8 Å². The maximum Gasteiger partial charge on any atom is 0.243 e. The van der Waals surface area contributed by atoms with Crippen LogP contribution in [0.25, 0.3) is 0 Å². The Morgan fingerprint density at radius 2 is 2.00 bits per heavy atom. The Balaban J connectivity index is 0.00000341. The van der Waals surface area contributed by atoms with E-state index in [2.05, 4.69) is 20.5 Å². The predicted octanol–water partition coefficient (Wildman–Crippen LogP) is 1.82. The first-order valence-corrected chi connectivity index (χ1v) is 10.8. The van der Waals surface area contributed by atoms with Crippen molar-refractivity contribution in [3.05, 3.63) is 35.6 Å². The van der Waals surface area contributed by atoms with Crippen molar-refractivity contribution in [3.8, 4) is 0 Å². The van der Waals surface area contributed by atoms with E-state index in [1.807, 2.05) is 6.07 Å². The Morgan fingerprint density at radius 3 is 2.65 bits per heavy atom. The van der Waals surface area contributed by atoms with Crippen molar-refractivity contribution in [2.45, 2.75) is 24.7 Å². The van der Waals surface area contributed by atoms with Crippen LogP contribution in [0.4, 0.5) is 4.39 Å². The highest BCUT2D eigenvalue weighted by atomic mass is 127. The zero-order valence-electron chi connectivity index (χ0n) is 18.5. The second-order valence-corrected chi connectivity index (χ2v) is 8.33. The van der Waals surface area contributed by atoms with Crippen molar-refractivity contribution in [3.63, 3.8) is 0 Å². The summed E-state index contributed by atoms with van der Waals surface area (Å²) < 4.78 is 19.0. The van der Waals surface area contributed by atoms with Gasteiger partial charge in [0, 0.05) is 45.7 Å². The Bertz CT molecular complexity index is 736. The fraction of sp³-hybridized carbons (Fsp3) is 0.636. The van der Waals surface area contributed by atoms with E-state index in [9.17, 15) is 9.18 Å². The SMILES string of the molecule is CN(C)C(=O)CN=C(NCCCN1CCOCC1)NCC1(c2cccc(F)c2)CC1.I. The predicted molar refractivity (Wildman–Crippen MR) is 132 cm³/mol. The zero-order chi connectivity index (χ0) is 21.4. The first kappa shape index (κ1) is 25.8. The Morgan fingerprint density at radius 1 is 1.26 bits per heavy atom. The van der Waals surface area contributed by atoms with Crippen LogP contribution >= 0.6 is 24.0 Å². The average Bonchev–Trinajstić information content (AvgIpc) is 3.54. The number of rotatable bonds is 9. The molecule has 1 heterocycles. The van der Waals surface area contributed by atoms with Crippen molar-refractivity contribution < 1.29 is 13.9 Å². The van der Waals surface area contributed by atoms with Gasteiger partial charge in [0.2, 0.25) is 5.91 Å². The summed E-state index contributed by atoms with van der Waals surface area (Å²) in [6.45, 7) is 6.10. The minimum Gasteiger partial charge on any atom is -0.379 e. The number of likely N-dealkylation sites (N-methyl/N-ethyl adjacent to an activating group) is 1. The van der Waals surface area contributed by atoms with Gasteiger partial charge in [-0.2, -0.15) is 0 Å². The fourth-order valence-corrected chi connectivity index (χ4v) is 3.59. The van der Waals surface area contributed by atoms with Crippen LogP contribution in [-0.4, -0.2) is 88.2 Å². The highest BCUT2D eigenvalue weighted by Gasteiger charge is 2.44. The molecule has 2 fully saturated rings. The molecule has 1 saturated heterocycles. The normalized spacial score (nSPS) is 18.1. The van der Waals surface area contributed by atoms with Crippen LogP contribution in [0.5, 0.6) is 0 Å². The van der Waals surface area contributed by atoms with E-state index in [4.69, 9.17) is 4.74 Å². The Hall–Kier alpha value is -1.46. The van der Waals surface area contributed by atoms with Gasteiger partial charge < -0.3 is 20.3 Å². The number of aliphatic imine (C=N–C) groups is 1. The lowest BCUT2D eigenvalue weighted by atomic mass is 9.96. The molecule has 1 saturated carbocycles. The van der Waals surface area contributed by atoms with Gasteiger partial charge in [-0.05, 0) is 43.5 Å². The van der Waals surface area contributed by atoms with E-state index in [1.54, 1.807) is 26.2 Å². The molecule has 3 rings (SSSR count). The minimum atomic E-state index is -0.203. The number of hydrogen-bond acceptors (Lipinski definition) is 4. The van der Waals surface area contributed by atoms with E-state index in [1.165, 1.54) is 11.0 Å². The summed E-state index contributed by atoms with van der Waals surface area (Å²) in [4.78, 5) is 20.4. The molecule has 7 nitrogen and oxygen atoms in total. The number of nitrogens with zero attached hydrogens (tertiary/aromatic N) is 3. The third kappa shape index (κ3) is 8.19. The molecule has 0 radical (unpaired) electrons. The van der Waals surface area contributed by atoms with E-state index >= 15 is 0 Å². The second-order valence-electron chi connectivity index (χ2n) is 8.33. The van der Waals surface area contributed by atoms with Gasteiger partial charge in [-0.25, -0.2) is 9.38 Å². The lowest BCUT2D eigenvalue weighted by Crippen LogP contribution is -2.43. The fourth-order valence-electron chi connectivity index (χ4n) is 3.59. The van der Waals surface area contributed by atoms with Crippen molar-refractivity contribution in [1.29, 1.82) is 0 Å². The van der Waals surface area contributed by atoms with Crippen molar-refractivity contribution in [1.82, 2.24) is 20.4 Å². The molecule has 1 aliphatic carbocycles. The molecule has 2 N–H and O–H groups in total. The maximum atomic E-state index is 13.7. The maximum absolute atomic E-state index is 13.7. The van der Waals surface area contributed by atoms with Crippen molar-refractivity contribution in [2.24, 2.45) is 4.99 Å². The number of morpholine rings is 1. The van der Waals surface area contributed by atoms with Gasteiger partial charge in [0.05, 0.1) is 13.2 Å². The van der Waals surface area contributed by atoms with E-state index in [-0.39, 0.29) is 47.7 Å². The van der Waals surface area contributed by atoms with Crippen molar-refractivity contribution in [2.75, 3.05) is 66.6 Å². The Kier molecular flexibility index (Phi) is 10.4. The summed E-state index contributed by atoms with van der Waals surface area (Å²) >= 11 is 0. The standard InChI is InChI=1S/C22H34FN5O2.HI/c1-27(2)20(29)16-25-21(24-9-4-10-28-11-13-30-14-12-28)26-17-22(7-8-22)18-5-3-6-19(23)15-18;/h3,5-6,15H,4,7-14,16-17H2,1-2H3,(H2,24,25,26);1H. The van der Waals surface area contributed by atoms with Crippen LogP contribution in [0.15, 0.2) is 29.3 Å². The third-order valence-electron chi connectivity index (χ3n) is 5.80. The number of ether oxygens (including phenoxy) is 1. The van der Waals surface area contributed by atoms with Gasteiger partial charge in [-0.3, -0.25) is 9.69 Å². The molecule has 1 aromatic rings. The van der Waals surface area contributed by atoms with Gasteiger partial charge >= 0.3 is 0 Å². The molecule has 0 bridgehead atoms. The summed E-state index contributed by atoms with van der Waals surface area (Å²) in [5.74, 6) is 0.385. The zero-order valence-corrected chi connectivity index (χ0v) is 20.9. The Labute approximate surface area is 201 Å². The number of guanidine groups is 1. The molecule has 0 atom stereocenters. The smallest absolute Gasteiger partial charge is 0.243 e. The molecule has 9 heteroatoms. The summed E-state index contributed by atoms with van der Waals surface area (Å²) in [5.41, 5.74) is 0.968. The largest absolute Gasteiger partial charge is 0.379 e. The van der Waals surface area contributed by atoms with Gasteiger partial charge in [0.1, 0.15) is 12.4 Å². The van der Waals surface area contributed by atoms with Crippen LogP contribution < -0.4 is 10.6 Å². The first-order valence-electron chi connectivity index (χ1n) is 10.8. The molecular weight excluding hydrogens is 512 g/mol. The summed E-state index contributed by atoms with van der Waals surface area (Å²) in [7, 11) is 3.45. The molecule has 2 aliphatic rings. The molecule has 0 unspecified atom stereocenters. The van der Waals surface area contributed by atoms with Gasteiger partial charge in [0.15, 0.2) is 5.96 Å². The number of amides is 1. The molecular formula is C22H35FIN5O2. The summed E-state index contributed by atoms with van der Waals surface area (Å²) in [6, 6.07) is 6.85. The number of carbonyl (C=O) groups excluding carboxylic acids is 1. The quantitative estimate of drug-likeness (QED) is 0.214. The highest BCUT2D eigenvalue weighted by molar-refractivity contribution is 14.0. The van der Waals surface area contributed by atoms with Gasteiger partial charge in [-0.1, -0.05) is 12.1 Å². The number of benzene rings is 1. The van der Waals surface area contributed by atoms with Crippen molar-refractivity contribution >= 4 is 35.8 Å². The minimum absolute atomic E-state index is 0. The molecule has 174 valence electrons. The summed E-state index contributed by atoms with van der Waals surface area (Å²) in [5, 5.41) is 6.74. The lowest BCUT2D eigenvalue weighted by Gasteiger charge is -2.26. The third-order valence-corrected chi connectivity index (χ3v) is 5.80. The molecule has 0 spiro atoms. The first-order chi connectivity index (χ1) is 14.5. The number of hydrogen-bond donors (Lipinski definition) is 2. The van der Waals surface area contributed by atoms with Crippen LogP contribution in [0, 0.1) is 5.82 Å². The molecule has 1 aromatic carbocycles. The van der Waals surface area contributed by atoms with Crippen LogP contribution in [0.2, 0.25) is 0 Å². The topological polar surface area (TPSA) is 69.2 Å². The van der Waals surface area contributed by atoms with E-state index in [0.717, 1.165) is 64.2 Å². The van der Waals surface area contributed by atoms with Gasteiger partial charge in [-0.15, -0.1) is 24.0 Å². The summed E-state index contributed by atoms with van der Waals surface area (Å²) in [6.07, 6.45) is 3.02. The average molecular weight is 547 g/mol. The van der Waals surface area contributed by atoms with Crippen LogP contribution in [-0.2, 0) is 14.9 Å². The second kappa shape index (κ2) is 12.5. The molecule has 1 amide bonds. The van der Waals surface area contributed by atoms with Gasteiger partial charge in [0.25, 0.3) is 0 Å². The number of halogens is 2. The molecule has 0 aromatic heterocycles. The molecule has 1 aliphatic heterocycles. The molecule has 31 heavy (non-hydrogen) atoms. The van der Waals surface area contributed by atoms with Crippen LogP contribution in [0.3, 0.4) is 0 Å². The number of carbonyl (C=O) groups is 1.